The number of nitrogens with zero attached hydrogens (tertiary/aromatic N) is 2. The van der Waals surface area contributed by atoms with Gasteiger partial charge in [-0.1, -0.05) is 191 Å². The second-order valence-corrected chi connectivity index (χ2v) is 26.0. The third-order valence-electron chi connectivity index (χ3n) is 17.9. The highest BCUT2D eigenvalue weighted by atomic mass is 16.3. The van der Waals surface area contributed by atoms with E-state index < -0.39 is 0 Å². The highest BCUT2D eigenvalue weighted by Crippen LogP contribution is 2.58. The van der Waals surface area contributed by atoms with Gasteiger partial charge in [0.05, 0.1) is 11.4 Å². The molecule has 1 fully saturated rings. The first kappa shape index (κ1) is 49.6. The fourth-order valence-corrected chi connectivity index (χ4v) is 13.0. The van der Waals surface area contributed by atoms with Crippen LogP contribution in [-0.2, 0) is 16.2 Å². The summed E-state index contributed by atoms with van der Waals surface area (Å²) in [5, 5.41) is 1.14. The molecule has 0 amide bonds. The second-order valence-electron chi connectivity index (χ2n) is 26.0. The molecule has 4 aliphatic carbocycles. The quantitative estimate of drug-likeness (QED) is 0.144. The zero-order valence-corrected chi connectivity index (χ0v) is 46.4. The molecule has 0 spiro atoms. The SMILES string of the molecule is Cc1cc(N(C2=CCC3C(=C2)C(C)(C)CCC3(C)C)c2c(-c3ccccc3)cc(C(C)(C)C)cc2C2C=CC=CC2)cc(N(c2ccc(-c3ccccc3)cc2)c2coc3cc4c(cc23)C(C)(C)CCC4(C)C)c1. The summed E-state index contributed by atoms with van der Waals surface area (Å²) in [5.74, 6) is 0.677. The van der Waals surface area contributed by atoms with Gasteiger partial charge in [-0.25, -0.2) is 0 Å². The molecule has 2 atom stereocenters. The van der Waals surface area contributed by atoms with E-state index in [1.807, 2.05) is 6.26 Å². The number of anilines is 5. The van der Waals surface area contributed by atoms with Gasteiger partial charge in [0.1, 0.15) is 11.8 Å². The van der Waals surface area contributed by atoms with Crippen molar-refractivity contribution in [3.8, 4) is 22.3 Å². The number of aryl methyl sites for hydroxylation is 1. The van der Waals surface area contributed by atoms with E-state index in [0.717, 1.165) is 59.4 Å². The fourth-order valence-electron chi connectivity index (χ4n) is 13.0. The minimum Gasteiger partial charge on any atom is -0.462 e. The molecule has 74 heavy (non-hydrogen) atoms. The van der Waals surface area contributed by atoms with Gasteiger partial charge in [-0.15, -0.1) is 0 Å². The van der Waals surface area contributed by atoms with Gasteiger partial charge in [0.2, 0.25) is 0 Å². The number of hydrogen-bond donors (Lipinski definition) is 0. The van der Waals surface area contributed by atoms with Crippen molar-refractivity contribution in [2.45, 2.75) is 144 Å². The highest BCUT2D eigenvalue weighted by molar-refractivity contribution is 5.99. The molecule has 0 radical (unpaired) electrons. The van der Waals surface area contributed by atoms with Crippen LogP contribution in [0.3, 0.4) is 0 Å². The van der Waals surface area contributed by atoms with Crippen molar-refractivity contribution in [1.82, 2.24) is 0 Å². The van der Waals surface area contributed by atoms with Crippen LogP contribution in [0, 0.1) is 23.7 Å². The molecule has 2 unspecified atom stereocenters. The predicted octanol–water partition coefficient (Wildman–Crippen LogP) is 20.6. The maximum atomic E-state index is 6.76. The van der Waals surface area contributed by atoms with Crippen molar-refractivity contribution in [3.63, 3.8) is 0 Å². The Hall–Kier alpha value is -6.58. The Kier molecular flexibility index (Phi) is 12.3. The lowest BCUT2D eigenvalue weighted by Crippen LogP contribution is -2.39. The van der Waals surface area contributed by atoms with Crippen LogP contribution >= 0.6 is 0 Å². The largest absolute Gasteiger partial charge is 0.462 e. The van der Waals surface area contributed by atoms with Crippen LogP contribution in [0.15, 0.2) is 186 Å². The van der Waals surface area contributed by atoms with E-state index >= 15 is 0 Å². The lowest BCUT2D eigenvalue weighted by Gasteiger charge is -2.50. The summed E-state index contributed by atoms with van der Waals surface area (Å²) >= 11 is 0. The van der Waals surface area contributed by atoms with Crippen molar-refractivity contribution in [1.29, 1.82) is 0 Å². The number of benzene rings is 6. The fraction of sp³-hybridized carbons (Fsp3) is 0.352. The van der Waals surface area contributed by atoms with Gasteiger partial charge in [0.15, 0.2) is 0 Å². The van der Waals surface area contributed by atoms with Crippen LogP contribution in [-0.4, -0.2) is 0 Å². The van der Waals surface area contributed by atoms with E-state index in [0.29, 0.717) is 5.92 Å². The van der Waals surface area contributed by atoms with Crippen molar-refractivity contribution >= 4 is 39.4 Å². The Morgan fingerprint density at radius 3 is 1.85 bits per heavy atom. The van der Waals surface area contributed by atoms with E-state index in [9.17, 15) is 0 Å². The summed E-state index contributed by atoms with van der Waals surface area (Å²) in [6.45, 7) is 29.0. The van der Waals surface area contributed by atoms with Gasteiger partial charge >= 0.3 is 0 Å². The molecule has 0 N–H and O–H groups in total. The zero-order valence-electron chi connectivity index (χ0n) is 46.4. The van der Waals surface area contributed by atoms with Gasteiger partial charge in [-0.05, 0) is 178 Å². The van der Waals surface area contributed by atoms with Crippen LogP contribution in [0.25, 0.3) is 33.2 Å². The van der Waals surface area contributed by atoms with Gasteiger partial charge in [-0.2, -0.15) is 0 Å². The standard InChI is InChI=1S/C71H78N2O/c1-47-38-55(72(53-30-28-49(29-31-53)48-22-16-13-17-23-48)64-46-74-65-45-63-62(44-59(64)65)70(9,10)36-37-71(63,11)12)42-56(39-47)73(54-32-33-60-61(43-54)69(7,8)35-34-68(60,5)6)66-57(50-24-18-14-19-25-50)40-52(67(2,3)4)41-58(66)51-26-20-15-21-27-51/h13-26,28-32,38-46,51,60H,27,33-37H2,1-12H3. The van der Waals surface area contributed by atoms with E-state index in [-0.39, 0.29) is 33.0 Å². The van der Waals surface area contributed by atoms with Gasteiger partial charge in [0, 0.05) is 39.6 Å². The van der Waals surface area contributed by atoms with Crippen molar-refractivity contribution < 1.29 is 4.42 Å². The number of allylic oxidation sites excluding steroid dienone is 7. The van der Waals surface area contributed by atoms with E-state index in [2.05, 4.69) is 257 Å². The molecule has 1 saturated carbocycles. The van der Waals surface area contributed by atoms with Crippen molar-refractivity contribution in [2.24, 2.45) is 16.7 Å². The molecule has 0 aliphatic heterocycles. The third-order valence-corrected chi connectivity index (χ3v) is 17.9. The van der Waals surface area contributed by atoms with E-state index in [4.69, 9.17) is 4.42 Å². The summed E-state index contributed by atoms with van der Waals surface area (Å²) in [6.07, 6.45) is 23.1. The summed E-state index contributed by atoms with van der Waals surface area (Å²) in [6, 6.07) is 48.2. The minimum absolute atomic E-state index is 0.0378. The molecule has 3 heteroatoms. The maximum Gasteiger partial charge on any atom is 0.136 e. The molecular weight excluding hydrogens is 897 g/mol. The number of hydrogen-bond acceptors (Lipinski definition) is 3. The van der Waals surface area contributed by atoms with E-state index in [1.54, 1.807) is 5.57 Å². The zero-order chi connectivity index (χ0) is 52.0. The summed E-state index contributed by atoms with van der Waals surface area (Å²) in [7, 11) is 0. The monoisotopic (exact) mass is 975 g/mol. The predicted molar refractivity (Wildman–Crippen MR) is 316 cm³/mol. The number of rotatable bonds is 9. The summed E-state index contributed by atoms with van der Waals surface area (Å²) < 4.78 is 6.76. The first-order valence-electron chi connectivity index (χ1n) is 27.6. The Morgan fingerprint density at radius 2 is 1.20 bits per heavy atom. The van der Waals surface area contributed by atoms with Crippen LogP contribution in [0.2, 0.25) is 0 Å². The molecule has 0 bridgehead atoms. The minimum atomic E-state index is -0.0719. The summed E-state index contributed by atoms with van der Waals surface area (Å²) in [4.78, 5) is 5.15. The van der Waals surface area contributed by atoms with Crippen molar-refractivity contribution in [3.05, 3.63) is 209 Å². The molecule has 1 heterocycles. The average Bonchev–Trinajstić information content (AvgIpc) is 3.80. The molecule has 1 aromatic heterocycles. The van der Waals surface area contributed by atoms with Crippen LogP contribution in [0.4, 0.5) is 28.4 Å². The first-order valence-corrected chi connectivity index (χ1v) is 27.6. The molecule has 0 saturated heterocycles. The summed E-state index contributed by atoms with van der Waals surface area (Å²) in [5.41, 5.74) is 21.3. The molecular formula is C71H78N2O. The van der Waals surface area contributed by atoms with Crippen molar-refractivity contribution in [2.75, 3.05) is 9.80 Å². The Labute approximate surface area is 443 Å². The van der Waals surface area contributed by atoms with E-state index in [1.165, 1.54) is 74.3 Å². The second kappa shape index (κ2) is 18.4. The molecule has 3 nitrogen and oxygen atoms in total. The molecule has 378 valence electrons. The van der Waals surface area contributed by atoms with Gasteiger partial charge < -0.3 is 14.2 Å². The Bertz CT molecular complexity index is 3380. The lowest BCUT2D eigenvalue weighted by molar-refractivity contribution is 0.123. The molecule has 11 rings (SSSR count). The normalized spacial score (nSPS) is 20.3. The van der Waals surface area contributed by atoms with Crippen LogP contribution < -0.4 is 9.80 Å². The third kappa shape index (κ3) is 9.03. The van der Waals surface area contributed by atoms with Gasteiger partial charge in [0.25, 0.3) is 0 Å². The topological polar surface area (TPSA) is 19.6 Å². The maximum absolute atomic E-state index is 6.76. The average molecular weight is 975 g/mol. The number of fused-ring (bicyclic) bond motifs is 3. The smallest absolute Gasteiger partial charge is 0.136 e. The first-order chi connectivity index (χ1) is 35.2. The lowest BCUT2D eigenvalue weighted by atomic mass is 9.56. The Balaban J connectivity index is 1.19. The molecule has 7 aromatic rings. The molecule has 6 aromatic carbocycles. The Morgan fingerprint density at radius 1 is 0.581 bits per heavy atom. The van der Waals surface area contributed by atoms with Crippen LogP contribution in [0.5, 0.6) is 0 Å². The van der Waals surface area contributed by atoms with Crippen LogP contribution in [0.1, 0.15) is 148 Å². The van der Waals surface area contributed by atoms with Gasteiger partial charge in [-0.3, -0.25) is 0 Å². The molecule has 4 aliphatic rings. The highest BCUT2D eigenvalue weighted by Gasteiger charge is 2.45. The number of furan rings is 1.